The van der Waals surface area contributed by atoms with Gasteiger partial charge in [-0.1, -0.05) is 0 Å². The number of nitrogens with one attached hydrogen (secondary N) is 1. The highest BCUT2D eigenvalue weighted by Gasteiger charge is 2.20. The summed E-state index contributed by atoms with van der Waals surface area (Å²) >= 11 is 0. The van der Waals surface area contributed by atoms with Gasteiger partial charge < -0.3 is 10.2 Å². The molecule has 1 atom stereocenters. The zero-order chi connectivity index (χ0) is 8.97. The maximum atomic E-state index is 11.3. The van der Waals surface area contributed by atoms with Crippen LogP contribution >= 0.6 is 0 Å². The molecule has 0 aliphatic carbocycles. The molecule has 1 N–H and O–H groups in total. The van der Waals surface area contributed by atoms with Crippen LogP contribution in [0.1, 0.15) is 12.8 Å². The summed E-state index contributed by atoms with van der Waals surface area (Å²) in [4.78, 5) is 16.8. The van der Waals surface area contributed by atoms with Gasteiger partial charge in [0.2, 0.25) is 0 Å². The monoisotopic (exact) mass is 169 g/mol. The first-order valence-corrected chi connectivity index (χ1v) is 4.18. The standard InChI is InChI=1S/C8H15N3O/c1-11(2)6-10-8(12)7-4-3-5-9-7/h6-7,9H,3-5H2,1-2H3. The zero-order valence-corrected chi connectivity index (χ0v) is 7.58. The Labute approximate surface area is 72.7 Å². The van der Waals surface area contributed by atoms with Gasteiger partial charge >= 0.3 is 0 Å². The van der Waals surface area contributed by atoms with Crippen molar-refractivity contribution in [3.05, 3.63) is 0 Å². The van der Waals surface area contributed by atoms with Crippen LogP contribution in [0.5, 0.6) is 0 Å². The van der Waals surface area contributed by atoms with Crippen LogP contribution in [0, 0.1) is 0 Å². The van der Waals surface area contributed by atoms with E-state index in [0.29, 0.717) is 0 Å². The third-order valence-corrected chi connectivity index (χ3v) is 1.77. The number of aliphatic imine (C=N–C) groups is 1. The van der Waals surface area contributed by atoms with E-state index in [4.69, 9.17) is 0 Å². The number of carbonyl (C=O) groups is 1. The summed E-state index contributed by atoms with van der Waals surface area (Å²) in [5.41, 5.74) is 0. The Morgan fingerprint density at radius 3 is 2.92 bits per heavy atom. The molecule has 1 fully saturated rings. The van der Waals surface area contributed by atoms with Gasteiger partial charge in [0.1, 0.15) is 0 Å². The molecule has 0 saturated carbocycles. The molecule has 1 amide bonds. The molecule has 12 heavy (non-hydrogen) atoms. The van der Waals surface area contributed by atoms with E-state index in [9.17, 15) is 4.79 Å². The van der Waals surface area contributed by atoms with E-state index in [1.165, 1.54) is 0 Å². The minimum absolute atomic E-state index is 0.0406. The summed E-state index contributed by atoms with van der Waals surface area (Å²) in [6.45, 7) is 0.938. The molecule has 1 rings (SSSR count). The van der Waals surface area contributed by atoms with Crippen molar-refractivity contribution in [2.75, 3.05) is 20.6 Å². The molecule has 4 nitrogen and oxygen atoms in total. The van der Waals surface area contributed by atoms with Crippen LogP contribution in [0.2, 0.25) is 0 Å². The highest BCUT2D eigenvalue weighted by atomic mass is 16.1. The fraction of sp³-hybridized carbons (Fsp3) is 0.750. The maximum Gasteiger partial charge on any atom is 0.264 e. The van der Waals surface area contributed by atoms with Crippen molar-refractivity contribution >= 4 is 12.2 Å². The molecule has 0 aromatic rings. The van der Waals surface area contributed by atoms with Crippen molar-refractivity contribution in [2.45, 2.75) is 18.9 Å². The lowest BCUT2D eigenvalue weighted by atomic mass is 10.2. The molecular formula is C8H15N3O. The Hall–Kier alpha value is -0.900. The fourth-order valence-corrected chi connectivity index (χ4v) is 1.16. The predicted octanol–water partition coefficient (Wildman–Crippen LogP) is -0.145. The van der Waals surface area contributed by atoms with E-state index in [-0.39, 0.29) is 11.9 Å². The second-order valence-electron chi connectivity index (χ2n) is 3.20. The van der Waals surface area contributed by atoms with Gasteiger partial charge in [-0.15, -0.1) is 0 Å². The van der Waals surface area contributed by atoms with Gasteiger partial charge in [-0.2, -0.15) is 0 Å². The molecule has 0 radical (unpaired) electrons. The van der Waals surface area contributed by atoms with E-state index >= 15 is 0 Å². The van der Waals surface area contributed by atoms with E-state index in [2.05, 4.69) is 10.3 Å². The van der Waals surface area contributed by atoms with E-state index < -0.39 is 0 Å². The summed E-state index contributed by atoms with van der Waals surface area (Å²) in [7, 11) is 3.69. The van der Waals surface area contributed by atoms with Gasteiger partial charge in [-0.05, 0) is 19.4 Å². The topological polar surface area (TPSA) is 44.7 Å². The van der Waals surface area contributed by atoms with Gasteiger partial charge in [-0.3, -0.25) is 4.79 Å². The summed E-state index contributed by atoms with van der Waals surface area (Å²) in [5, 5.41) is 3.10. The van der Waals surface area contributed by atoms with Gasteiger partial charge in [-0.25, -0.2) is 4.99 Å². The van der Waals surface area contributed by atoms with E-state index in [0.717, 1.165) is 19.4 Å². The Morgan fingerprint density at radius 1 is 1.67 bits per heavy atom. The third kappa shape index (κ3) is 2.62. The average Bonchev–Trinajstić information content (AvgIpc) is 2.51. The van der Waals surface area contributed by atoms with Crippen molar-refractivity contribution in [1.82, 2.24) is 10.2 Å². The van der Waals surface area contributed by atoms with Crippen molar-refractivity contribution in [2.24, 2.45) is 4.99 Å². The Bertz CT molecular complexity index is 183. The van der Waals surface area contributed by atoms with Gasteiger partial charge in [0.25, 0.3) is 5.91 Å². The van der Waals surface area contributed by atoms with Crippen LogP contribution in [0.3, 0.4) is 0 Å². The molecule has 1 saturated heterocycles. The van der Waals surface area contributed by atoms with Gasteiger partial charge in [0.05, 0.1) is 12.4 Å². The minimum Gasteiger partial charge on any atom is -0.369 e. The van der Waals surface area contributed by atoms with Crippen LogP contribution < -0.4 is 5.32 Å². The van der Waals surface area contributed by atoms with Gasteiger partial charge in [0, 0.05) is 14.1 Å². The minimum atomic E-state index is -0.0544. The Morgan fingerprint density at radius 2 is 2.42 bits per heavy atom. The van der Waals surface area contributed by atoms with Crippen LogP contribution in [0.15, 0.2) is 4.99 Å². The molecule has 1 heterocycles. The van der Waals surface area contributed by atoms with Crippen molar-refractivity contribution in [3.8, 4) is 0 Å². The summed E-state index contributed by atoms with van der Waals surface area (Å²) in [5.74, 6) is -0.0544. The van der Waals surface area contributed by atoms with Crippen LogP contribution in [0.4, 0.5) is 0 Å². The number of amides is 1. The molecule has 0 aromatic heterocycles. The molecule has 4 heteroatoms. The number of rotatable bonds is 2. The second-order valence-corrected chi connectivity index (χ2v) is 3.20. The fourth-order valence-electron chi connectivity index (χ4n) is 1.16. The molecule has 1 unspecified atom stereocenters. The van der Waals surface area contributed by atoms with Crippen molar-refractivity contribution in [1.29, 1.82) is 0 Å². The zero-order valence-electron chi connectivity index (χ0n) is 7.58. The highest BCUT2D eigenvalue weighted by molar-refractivity contribution is 5.88. The van der Waals surface area contributed by atoms with Crippen molar-refractivity contribution in [3.63, 3.8) is 0 Å². The summed E-state index contributed by atoms with van der Waals surface area (Å²) in [6.07, 6.45) is 3.54. The highest BCUT2D eigenvalue weighted by Crippen LogP contribution is 2.05. The maximum absolute atomic E-state index is 11.3. The van der Waals surface area contributed by atoms with Crippen molar-refractivity contribution < 1.29 is 4.79 Å². The first kappa shape index (κ1) is 9.19. The molecule has 0 aromatic carbocycles. The third-order valence-electron chi connectivity index (χ3n) is 1.77. The Balaban J connectivity index is 2.36. The van der Waals surface area contributed by atoms with Crippen LogP contribution in [0.25, 0.3) is 0 Å². The first-order valence-electron chi connectivity index (χ1n) is 4.18. The normalized spacial score (nSPS) is 23.3. The smallest absolute Gasteiger partial charge is 0.264 e. The number of carbonyl (C=O) groups excluding carboxylic acids is 1. The SMILES string of the molecule is CN(C)C=NC(=O)C1CCCN1. The first-order chi connectivity index (χ1) is 5.70. The molecule has 0 bridgehead atoms. The summed E-state index contributed by atoms with van der Waals surface area (Å²) < 4.78 is 0. The molecule has 1 aliphatic heterocycles. The van der Waals surface area contributed by atoms with Crippen LogP contribution in [-0.4, -0.2) is 43.8 Å². The quantitative estimate of drug-likeness (QED) is 0.462. The summed E-state index contributed by atoms with van der Waals surface area (Å²) in [6, 6.07) is -0.0406. The average molecular weight is 169 g/mol. The largest absolute Gasteiger partial charge is 0.369 e. The van der Waals surface area contributed by atoms with E-state index in [1.807, 2.05) is 14.1 Å². The lowest BCUT2D eigenvalue weighted by molar-refractivity contribution is -0.119. The number of hydrogen-bond acceptors (Lipinski definition) is 2. The molecule has 1 aliphatic rings. The lowest BCUT2D eigenvalue weighted by Gasteiger charge is -2.05. The molecular weight excluding hydrogens is 154 g/mol. The second kappa shape index (κ2) is 4.21. The number of hydrogen-bond donors (Lipinski definition) is 1. The number of nitrogens with zero attached hydrogens (tertiary/aromatic N) is 2. The van der Waals surface area contributed by atoms with Gasteiger partial charge in [0.15, 0.2) is 0 Å². The molecule has 0 spiro atoms. The Kier molecular flexibility index (Phi) is 3.22. The predicted molar refractivity (Wildman–Crippen MR) is 48.2 cm³/mol. The molecule has 68 valence electrons. The van der Waals surface area contributed by atoms with E-state index in [1.54, 1.807) is 11.2 Å². The lowest BCUT2D eigenvalue weighted by Crippen LogP contribution is -2.30. The van der Waals surface area contributed by atoms with Crippen LogP contribution in [-0.2, 0) is 4.79 Å².